The zero-order chi connectivity index (χ0) is 30.2. The lowest BCUT2D eigenvalue weighted by Gasteiger charge is -2.69. The number of amides is 1. The lowest BCUT2D eigenvalue weighted by atomic mass is 9.36. The lowest BCUT2D eigenvalue weighted by molar-refractivity contribution is -0.200. The summed E-state index contributed by atoms with van der Waals surface area (Å²) in [6.07, 6.45) is 22.7. The first-order chi connectivity index (χ1) is 19.1. The average Bonchev–Trinajstić information content (AvgIpc) is 2.91. The van der Waals surface area contributed by atoms with E-state index in [2.05, 4.69) is 79.9 Å². The van der Waals surface area contributed by atoms with Crippen LogP contribution in [0.2, 0.25) is 0 Å². The highest BCUT2D eigenvalue weighted by Gasteiger charge is 2.66. The molecule has 238 valence electrons. The summed E-state index contributed by atoms with van der Waals surface area (Å²) in [4.78, 5) is 13.5. The lowest BCUT2D eigenvalue weighted by Crippen LogP contribution is -2.70. The molecule has 0 aromatic carbocycles. The van der Waals surface area contributed by atoms with E-state index in [4.69, 9.17) is 0 Å². The third-order valence-electron chi connectivity index (χ3n) is 11.5. The first-order valence-corrected chi connectivity index (χ1v) is 18.1. The third-order valence-corrected chi connectivity index (χ3v) is 11.5. The summed E-state index contributed by atoms with van der Waals surface area (Å²) >= 11 is 0. The fourth-order valence-corrected chi connectivity index (χ4v) is 9.43. The Balaban J connectivity index is 3.56. The van der Waals surface area contributed by atoms with Crippen molar-refractivity contribution in [1.82, 2.24) is 10.6 Å². The van der Waals surface area contributed by atoms with Gasteiger partial charge >= 0.3 is 0 Å². The van der Waals surface area contributed by atoms with E-state index >= 15 is 0 Å². The molecule has 1 fully saturated rings. The van der Waals surface area contributed by atoms with Crippen LogP contribution in [0, 0.1) is 28.1 Å². The second-order valence-corrected chi connectivity index (χ2v) is 14.5. The molecule has 6 atom stereocenters. The topological polar surface area (TPSA) is 41.1 Å². The van der Waals surface area contributed by atoms with Gasteiger partial charge in [0, 0.05) is 25.0 Å². The van der Waals surface area contributed by atoms with E-state index in [1.807, 2.05) is 0 Å². The van der Waals surface area contributed by atoms with Crippen molar-refractivity contribution in [1.29, 1.82) is 0 Å². The molecule has 0 aromatic rings. The van der Waals surface area contributed by atoms with Crippen LogP contribution in [0.3, 0.4) is 0 Å². The van der Waals surface area contributed by atoms with Gasteiger partial charge in [0.2, 0.25) is 5.91 Å². The van der Waals surface area contributed by atoms with E-state index in [-0.39, 0.29) is 22.2 Å². The predicted octanol–water partition coefficient (Wildman–Crippen LogP) is 10.9. The Morgan fingerprint density at radius 3 is 1.93 bits per heavy atom. The van der Waals surface area contributed by atoms with Gasteiger partial charge in [-0.1, -0.05) is 132 Å². The molecule has 1 rings (SSSR count). The van der Waals surface area contributed by atoms with Crippen LogP contribution in [0.1, 0.15) is 185 Å². The van der Waals surface area contributed by atoms with Gasteiger partial charge in [-0.05, 0) is 74.0 Å². The van der Waals surface area contributed by atoms with Crippen LogP contribution in [0.25, 0.3) is 0 Å². The summed E-state index contributed by atoms with van der Waals surface area (Å²) in [6, 6.07) is 0.964. The molecule has 40 heavy (non-hydrogen) atoms. The molecule has 0 aliphatic heterocycles. The molecule has 2 N–H and O–H groups in total. The molecule has 0 radical (unpaired) electrons. The zero-order valence-corrected chi connectivity index (χ0v) is 29.2. The molecule has 1 aliphatic carbocycles. The van der Waals surface area contributed by atoms with Crippen LogP contribution in [0.15, 0.2) is 0 Å². The first-order valence-electron chi connectivity index (χ1n) is 18.1. The number of rotatable bonds is 22. The zero-order valence-electron chi connectivity index (χ0n) is 29.2. The van der Waals surface area contributed by atoms with Crippen LogP contribution < -0.4 is 10.6 Å². The fraction of sp³-hybridized carbons (Fsp3) is 0.973. The molecular weight excluding hydrogens is 488 g/mol. The Morgan fingerprint density at radius 2 is 1.35 bits per heavy atom. The minimum absolute atomic E-state index is 0.0196. The van der Waals surface area contributed by atoms with Crippen LogP contribution in [0.4, 0.5) is 0 Å². The van der Waals surface area contributed by atoms with Gasteiger partial charge in [-0.3, -0.25) is 4.79 Å². The number of carbonyl (C=O) groups excluding carboxylic acids is 1. The normalized spacial score (nSPS) is 28.9. The average molecular weight is 563 g/mol. The Bertz CT molecular complexity index is 675. The molecule has 3 heteroatoms. The van der Waals surface area contributed by atoms with Crippen LogP contribution in [-0.4, -0.2) is 24.5 Å². The molecule has 1 amide bonds. The van der Waals surface area contributed by atoms with Crippen molar-refractivity contribution in [2.75, 3.05) is 6.54 Å². The smallest absolute Gasteiger partial charge is 0.220 e. The highest BCUT2D eigenvalue weighted by molar-refractivity contribution is 5.77. The first kappa shape index (κ1) is 37.5. The summed E-state index contributed by atoms with van der Waals surface area (Å²) in [5, 5.41) is 7.56. The molecule has 0 saturated heterocycles. The van der Waals surface area contributed by atoms with Gasteiger partial charge in [-0.15, -0.1) is 0 Å². The van der Waals surface area contributed by atoms with E-state index in [1.165, 1.54) is 103 Å². The van der Waals surface area contributed by atoms with Gasteiger partial charge < -0.3 is 10.6 Å². The molecule has 6 unspecified atom stereocenters. The van der Waals surface area contributed by atoms with E-state index < -0.39 is 0 Å². The second kappa shape index (κ2) is 18.9. The number of hydrogen-bond donors (Lipinski definition) is 2. The van der Waals surface area contributed by atoms with Gasteiger partial charge in [0.15, 0.2) is 0 Å². The number of unbranched alkanes of at least 4 members (excludes halogenated alkanes) is 8. The molecule has 0 heterocycles. The van der Waals surface area contributed by atoms with Crippen LogP contribution in [-0.2, 0) is 4.79 Å². The summed E-state index contributed by atoms with van der Waals surface area (Å²) < 4.78 is 0. The quantitative estimate of drug-likeness (QED) is 0.129. The minimum atomic E-state index is -0.0353. The Kier molecular flexibility index (Phi) is 17.7. The molecule has 0 aromatic heterocycles. The van der Waals surface area contributed by atoms with E-state index in [0.29, 0.717) is 30.3 Å². The number of hydrogen-bond acceptors (Lipinski definition) is 2. The molecule has 1 saturated carbocycles. The standard InChI is InChI=1S/C37H74N2O/c1-11-17-20-21-22-24-25-30(7)39-34-31(26-23-18-12-2)32(27-19-13-3)36(10,28-14-4)37(15-5,35(34,8)9)29-33(40)38-16-6/h30-32,34,39H,11-29H2,1-10H3,(H,38,40). The number of nitrogens with one attached hydrogen (secondary N) is 2. The second-order valence-electron chi connectivity index (χ2n) is 14.5. The van der Waals surface area contributed by atoms with Crippen LogP contribution >= 0.6 is 0 Å². The van der Waals surface area contributed by atoms with Gasteiger partial charge in [0.1, 0.15) is 0 Å². The van der Waals surface area contributed by atoms with Gasteiger partial charge in [0.05, 0.1) is 0 Å². The predicted molar refractivity (Wildman–Crippen MR) is 178 cm³/mol. The molecule has 0 bridgehead atoms. The van der Waals surface area contributed by atoms with E-state index in [0.717, 1.165) is 13.0 Å². The molecular formula is C37H74N2O. The number of carbonyl (C=O) groups is 1. The Hall–Kier alpha value is -0.570. The van der Waals surface area contributed by atoms with Gasteiger partial charge in [-0.25, -0.2) is 0 Å². The maximum Gasteiger partial charge on any atom is 0.220 e. The SMILES string of the molecule is CCCCCCCCC(C)NC1C(CCCCC)C(CCCC)C(C)(CCC)C(CC)(CC(=O)NCC)C1(C)C. The van der Waals surface area contributed by atoms with Gasteiger partial charge in [0.25, 0.3) is 0 Å². The Labute approximate surface area is 252 Å². The fourth-order valence-electron chi connectivity index (χ4n) is 9.43. The van der Waals surface area contributed by atoms with E-state index in [1.54, 1.807) is 0 Å². The highest BCUT2D eigenvalue weighted by atomic mass is 16.1. The largest absolute Gasteiger partial charge is 0.356 e. The van der Waals surface area contributed by atoms with Crippen molar-refractivity contribution in [2.24, 2.45) is 28.1 Å². The van der Waals surface area contributed by atoms with Gasteiger partial charge in [-0.2, -0.15) is 0 Å². The Morgan fingerprint density at radius 1 is 0.750 bits per heavy atom. The van der Waals surface area contributed by atoms with Crippen molar-refractivity contribution in [2.45, 2.75) is 197 Å². The van der Waals surface area contributed by atoms with Crippen molar-refractivity contribution in [3.8, 4) is 0 Å². The van der Waals surface area contributed by atoms with Crippen molar-refractivity contribution in [3.63, 3.8) is 0 Å². The minimum Gasteiger partial charge on any atom is -0.356 e. The maximum atomic E-state index is 13.5. The third kappa shape index (κ3) is 9.21. The molecule has 1 aliphatic rings. The van der Waals surface area contributed by atoms with Crippen LogP contribution in [0.5, 0.6) is 0 Å². The molecule has 3 nitrogen and oxygen atoms in total. The highest BCUT2D eigenvalue weighted by Crippen LogP contribution is 2.69. The maximum absolute atomic E-state index is 13.5. The monoisotopic (exact) mass is 563 g/mol. The van der Waals surface area contributed by atoms with Crippen molar-refractivity contribution >= 4 is 5.91 Å². The van der Waals surface area contributed by atoms with E-state index in [9.17, 15) is 4.79 Å². The molecule has 0 spiro atoms. The summed E-state index contributed by atoms with van der Waals surface area (Å²) in [5.74, 6) is 1.59. The summed E-state index contributed by atoms with van der Waals surface area (Å²) in [6.45, 7) is 24.8. The summed E-state index contributed by atoms with van der Waals surface area (Å²) in [5.41, 5.74) is 0.135. The summed E-state index contributed by atoms with van der Waals surface area (Å²) in [7, 11) is 0. The van der Waals surface area contributed by atoms with Crippen molar-refractivity contribution < 1.29 is 4.79 Å². The van der Waals surface area contributed by atoms with Crippen molar-refractivity contribution in [3.05, 3.63) is 0 Å².